The Labute approximate surface area is 136 Å². The van der Waals surface area contributed by atoms with Gasteiger partial charge < -0.3 is 15.4 Å². The summed E-state index contributed by atoms with van der Waals surface area (Å²) in [5.41, 5.74) is 2.09. The van der Waals surface area contributed by atoms with Crippen LogP contribution in [-0.2, 0) is 6.54 Å². The van der Waals surface area contributed by atoms with Crippen LogP contribution < -0.4 is 15.4 Å². The molecule has 0 atom stereocenters. The van der Waals surface area contributed by atoms with Crippen molar-refractivity contribution < 1.29 is 4.74 Å². The van der Waals surface area contributed by atoms with E-state index in [9.17, 15) is 0 Å². The van der Waals surface area contributed by atoms with Gasteiger partial charge >= 0.3 is 0 Å². The molecule has 0 unspecified atom stereocenters. The van der Waals surface area contributed by atoms with E-state index in [0.29, 0.717) is 0 Å². The lowest BCUT2D eigenvalue weighted by molar-refractivity contribution is 0.305. The summed E-state index contributed by atoms with van der Waals surface area (Å²) in [4.78, 5) is 4.51. The molecule has 1 aromatic carbocycles. The average Bonchev–Trinajstić information content (AvgIpc) is 2.96. The van der Waals surface area contributed by atoms with Crippen molar-refractivity contribution >= 4 is 22.2 Å². The Balaban J connectivity index is 1.78. The normalized spacial score (nSPS) is 10.6. The molecule has 0 spiro atoms. The molecule has 0 saturated heterocycles. The third-order valence-electron chi connectivity index (χ3n) is 3.28. The van der Waals surface area contributed by atoms with Crippen molar-refractivity contribution in [3.8, 4) is 5.75 Å². The van der Waals surface area contributed by atoms with Gasteiger partial charge in [-0.3, -0.25) is 0 Å². The van der Waals surface area contributed by atoms with E-state index in [2.05, 4.69) is 27.9 Å². The summed E-state index contributed by atoms with van der Waals surface area (Å²) in [5.74, 6) is 0.928. The van der Waals surface area contributed by atoms with Crippen LogP contribution >= 0.6 is 11.3 Å². The molecule has 2 N–H and O–H groups in total. The molecule has 0 amide bonds. The van der Waals surface area contributed by atoms with Gasteiger partial charge in [0.15, 0.2) is 5.13 Å². The monoisotopic (exact) mass is 319 g/mol. The van der Waals surface area contributed by atoms with Crippen molar-refractivity contribution in [2.75, 3.05) is 19.0 Å². The maximum atomic E-state index is 5.74. The summed E-state index contributed by atoms with van der Waals surface area (Å²) >= 11 is 1.62. The quantitative estimate of drug-likeness (QED) is 0.630. The van der Waals surface area contributed by atoms with E-state index < -0.39 is 0 Å². The number of unbranched alkanes of at least 4 members (excludes halogenated alkanes) is 3. The summed E-state index contributed by atoms with van der Waals surface area (Å²) in [7, 11) is 1.92. The predicted octanol–water partition coefficient (Wildman–Crippen LogP) is 4.57. The van der Waals surface area contributed by atoms with Crippen molar-refractivity contribution in [2.24, 2.45) is 0 Å². The summed E-state index contributed by atoms with van der Waals surface area (Å²) in [6.07, 6.45) is 4.92. The lowest BCUT2D eigenvalue weighted by Crippen LogP contribution is -2.05. The second-order valence-corrected chi connectivity index (χ2v) is 6.09. The second kappa shape index (κ2) is 9.43. The number of anilines is 2. The summed E-state index contributed by atoms with van der Waals surface area (Å²) in [6.45, 7) is 3.81. The van der Waals surface area contributed by atoms with E-state index >= 15 is 0 Å². The minimum absolute atomic E-state index is 0.795. The molecule has 2 aromatic rings. The van der Waals surface area contributed by atoms with Gasteiger partial charge in [0.05, 0.1) is 12.3 Å². The summed E-state index contributed by atoms with van der Waals surface area (Å²) < 4.78 is 5.74. The topological polar surface area (TPSA) is 46.2 Å². The van der Waals surface area contributed by atoms with Crippen LogP contribution in [0, 0.1) is 0 Å². The maximum Gasteiger partial charge on any atom is 0.187 e. The van der Waals surface area contributed by atoms with E-state index in [1.807, 2.05) is 31.3 Å². The minimum atomic E-state index is 0.795. The van der Waals surface area contributed by atoms with Crippen molar-refractivity contribution in [1.29, 1.82) is 0 Å². The molecule has 5 heteroatoms. The van der Waals surface area contributed by atoms with Crippen molar-refractivity contribution in [2.45, 2.75) is 39.2 Å². The van der Waals surface area contributed by atoms with Crippen LogP contribution in [0.1, 0.15) is 38.3 Å². The van der Waals surface area contributed by atoms with Gasteiger partial charge in [-0.25, -0.2) is 4.98 Å². The molecule has 1 heterocycles. The van der Waals surface area contributed by atoms with Crippen LogP contribution in [-0.4, -0.2) is 18.6 Å². The zero-order valence-corrected chi connectivity index (χ0v) is 14.2. The largest absolute Gasteiger partial charge is 0.494 e. The van der Waals surface area contributed by atoms with Gasteiger partial charge in [0.1, 0.15) is 5.75 Å². The fraction of sp³-hybridized carbons (Fsp3) is 0.471. The lowest BCUT2D eigenvalue weighted by atomic mass is 10.2. The summed E-state index contributed by atoms with van der Waals surface area (Å²) in [6, 6.07) is 8.07. The van der Waals surface area contributed by atoms with Gasteiger partial charge in [0.25, 0.3) is 0 Å². The maximum absolute atomic E-state index is 5.74. The molecule has 0 aliphatic carbocycles. The van der Waals surface area contributed by atoms with Gasteiger partial charge in [-0.2, -0.15) is 0 Å². The molecule has 22 heavy (non-hydrogen) atoms. The van der Waals surface area contributed by atoms with Crippen LogP contribution in [0.5, 0.6) is 5.75 Å². The standard InChI is InChI=1S/C17H25N3OS/c1-3-4-5-6-11-21-16-9-7-14(8-10-16)19-17-20-15(12-18-2)13-22-17/h7-10,13,18H,3-6,11-12H2,1-2H3,(H,19,20). The van der Waals surface area contributed by atoms with E-state index in [4.69, 9.17) is 4.74 Å². The zero-order chi connectivity index (χ0) is 15.6. The molecule has 0 aliphatic rings. The number of nitrogens with zero attached hydrogens (tertiary/aromatic N) is 1. The number of thiazole rings is 1. The smallest absolute Gasteiger partial charge is 0.187 e. The van der Waals surface area contributed by atoms with E-state index in [0.717, 1.165) is 41.8 Å². The lowest BCUT2D eigenvalue weighted by Gasteiger charge is -2.07. The highest BCUT2D eigenvalue weighted by Gasteiger charge is 2.02. The molecular weight excluding hydrogens is 294 g/mol. The molecule has 1 aromatic heterocycles. The highest BCUT2D eigenvalue weighted by molar-refractivity contribution is 7.13. The number of aromatic nitrogens is 1. The molecule has 0 fully saturated rings. The van der Waals surface area contributed by atoms with Gasteiger partial charge in [-0.15, -0.1) is 11.3 Å². The number of hydrogen-bond donors (Lipinski definition) is 2. The Kier molecular flexibility index (Phi) is 7.19. The Morgan fingerprint density at radius 2 is 1.95 bits per heavy atom. The van der Waals surface area contributed by atoms with Crippen LogP contribution in [0.15, 0.2) is 29.6 Å². The molecule has 0 saturated carbocycles. The fourth-order valence-electron chi connectivity index (χ4n) is 2.10. The average molecular weight is 319 g/mol. The first-order valence-corrected chi connectivity index (χ1v) is 8.78. The van der Waals surface area contributed by atoms with Crippen LogP contribution in [0.4, 0.5) is 10.8 Å². The number of rotatable bonds is 10. The first-order valence-electron chi connectivity index (χ1n) is 7.90. The van der Waals surface area contributed by atoms with Crippen molar-refractivity contribution in [3.63, 3.8) is 0 Å². The summed E-state index contributed by atoms with van der Waals surface area (Å²) in [5, 5.41) is 9.40. The van der Waals surface area contributed by atoms with Crippen molar-refractivity contribution in [1.82, 2.24) is 10.3 Å². The van der Waals surface area contributed by atoms with Gasteiger partial charge in [0, 0.05) is 17.6 Å². The SMILES string of the molecule is CCCCCCOc1ccc(Nc2nc(CNC)cs2)cc1. The molecular formula is C17H25N3OS. The highest BCUT2D eigenvalue weighted by Crippen LogP contribution is 2.23. The van der Waals surface area contributed by atoms with Crippen molar-refractivity contribution in [3.05, 3.63) is 35.3 Å². The minimum Gasteiger partial charge on any atom is -0.494 e. The van der Waals surface area contributed by atoms with E-state index in [1.165, 1.54) is 19.3 Å². The Bertz CT molecular complexity index is 539. The number of hydrogen-bond acceptors (Lipinski definition) is 5. The van der Waals surface area contributed by atoms with E-state index in [1.54, 1.807) is 11.3 Å². The third-order valence-corrected chi connectivity index (χ3v) is 4.09. The second-order valence-electron chi connectivity index (χ2n) is 5.23. The third kappa shape index (κ3) is 5.66. The Morgan fingerprint density at radius 1 is 1.14 bits per heavy atom. The zero-order valence-electron chi connectivity index (χ0n) is 13.4. The van der Waals surface area contributed by atoms with E-state index in [-0.39, 0.29) is 0 Å². The van der Waals surface area contributed by atoms with Gasteiger partial charge in [-0.05, 0) is 37.7 Å². The number of ether oxygens (including phenoxy) is 1. The fourth-order valence-corrected chi connectivity index (χ4v) is 2.83. The molecule has 0 bridgehead atoms. The molecule has 0 radical (unpaired) electrons. The van der Waals surface area contributed by atoms with Gasteiger partial charge in [0.2, 0.25) is 0 Å². The predicted molar refractivity (Wildman–Crippen MR) is 94.2 cm³/mol. The molecule has 4 nitrogen and oxygen atoms in total. The van der Waals surface area contributed by atoms with Gasteiger partial charge in [-0.1, -0.05) is 26.2 Å². The first-order chi connectivity index (χ1) is 10.8. The van der Waals surface area contributed by atoms with Crippen LogP contribution in [0.2, 0.25) is 0 Å². The Hall–Kier alpha value is -1.59. The molecule has 120 valence electrons. The number of nitrogens with one attached hydrogen (secondary N) is 2. The number of benzene rings is 1. The molecule has 0 aliphatic heterocycles. The first kappa shape index (κ1) is 16.8. The van der Waals surface area contributed by atoms with Crippen LogP contribution in [0.25, 0.3) is 0 Å². The molecule has 2 rings (SSSR count). The van der Waals surface area contributed by atoms with Crippen LogP contribution in [0.3, 0.4) is 0 Å². The Morgan fingerprint density at radius 3 is 2.68 bits per heavy atom. The highest BCUT2D eigenvalue weighted by atomic mass is 32.1.